The maximum Gasteiger partial charge on any atom is 0.368 e. The number of tetrazole rings is 1. The molecule has 0 aliphatic carbocycles. The molecule has 0 radical (unpaired) electrons. The molecule has 1 N–H and O–H groups in total. The SMILES string of the molecule is CCCn1nnn(-c2cc(OC(Cl)C(=O)O)ccc2Cl)c1=O. The van der Waals surface area contributed by atoms with Crippen LogP contribution in [0.3, 0.4) is 0 Å². The van der Waals surface area contributed by atoms with Crippen LogP contribution < -0.4 is 10.4 Å². The second-order valence-electron chi connectivity index (χ2n) is 4.28. The molecular weight excluding hydrogens is 335 g/mol. The highest BCUT2D eigenvalue weighted by Crippen LogP contribution is 2.25. The second kappa shape index (κ2) is 6.80. The summed E-state index contributed by atoms with van der Waals surface area (Å²) >= 11 is 11.6. The fourth-order valence-electron chi connectivity index (χ4n) is 1.68. The maximum absolute atomic E-state index is 12.1. The zero-order valence-electron chi connectivity index (χ0n) is 11.4. The summed E-state index contributed by atoms with van der Waals surface area (Å²) in [6.45, 7) is 2.33. The summed E-state index contributed by atoms with van der Waals surface area (Å²) in [4.78, 5) is 22.8. The number of carboxylic acid groups (broad SMARTS) is 1. The van der Waals surface area contributed by atoms with E-state index < -0.39 is 17.2 Å². The summed E-state index contributed by atoms with van der Waals surface area (Å²) in [7, 11) is 0. The normalized spacial score (nSPS) is 12.1. The van der Waals surface area contributed by atoms with Crippen LogP contribution in [0.15, 0.2) is 23.0 Å². The third-order valence-corrected chi connectivity index (χ3v) is 3.25. The molecule has 0 aliphatic rings. The number of ether oxygens (including phenoxy) is 1. The van der Waals surface area contributed by atoms with Crippen molar-refractivity contribution in [1.82, 2.24) is 19.8 Å². The minimum absolute atomic E-state index is 0.138. The van der Waals surface area contributed by atoms with Crippen molar-refractivity contribution < 1.29 is 14.6 Å². The number of carbonyl (C=O) groups is 1. The Labute approximate surface area is 134 Å². The summed E-state index contributed by atoms with van der Waals surface area (Å²) in [6.07, 6.45) is 0.724. The van der Waals surface area contributed by atoms with E-state index >= 15 is 0 Å². The zero-order valence-corrected chi connectivity index (χ0v) is 13.0. The molecule has 10 heteroatoms. The van der Waals surface area contributed by atoms with Gasteiger partial charge in [0.2, 0.25) is 0 Å². The van der Waals surface area contributed by atoms with Crippen molar-refractivity contribution in [3.8, 4) is 11.4 Å². The molecule has 0 saturated carbocycles. The maximum atomic E-state index is 12.1. The van der Waals surface area contributed by atoms with E-state index in [-0.39, 0.29) is 16.5 Å². The van der Waals surface area contributed by atoms with Gasteiger partial charge in [-0.15, -0.1) is 0 Å². The molecule has 1 atom stereocenters. The monoisotopic (exact) mass is 346 g/mol. The number of aryl methyl sites for hydroxylation is 1. The summed E-state index contributed by atoms with van der Waals surface area (Å²) < 4.78 is 7.23. The molecule has 1 heterocycles. The Bertz CT molecular complexity index is 743. The van der Waals surface area contributed by atoms with Gasteiger partial charge in [-0.2, -0.15) is 9.36 Å². The zero-order chi connectivity index (χ0) is 16.3. The molecule has 0 aliphatic heterocycles. The van der Waals surface area contributed by atoms with Crippen LogP contribution in [0.4, 0.5) is 0 Å². The number of aliphatic carboxylic acids is 1. The van der Waals surface area contributed by atoms with Crippen LogP contribution in [0.2, 0.25) is 5.02 Å². The topological polar surface area (TPSA) is 99.2 Å². The predicted molar refractivity (Wildman–Crippen MR) is 78.8 cm³/mol. The second-order valence-corrected chi connectivity index (χ2v) is 5.09. The number of nitrogens with zero attached hydrogens (tertiary/aromatic N) is 4. The Hall–Kier alpha value is -2.06. The van der Waals surface area contributed by atoms with Crippen LogP contribution in [0.1, 0.15) is 13.3 Å². The number of hydrogen-bond donors (Lipinski definition) is 1. The summed E-state index contributed by atoms with van der Waals surface area (Å²) in [5.74, 6) is -1.19. The van der Waals surface area contributed by atoms with Crippen molar-refractivity contribution in [2.75, 3.05) is 0 Å². The van der Waals surface area contributed by atoms with Crippen molar-refractivity contribution in [2.45, 2.75) is 25.5 Å². The van der Waals surface area contributed by atoms with Gasteiger partial charge in [-0.3, -0.25) is 0 Å². The minimum Gasteiger partial charge on any atom is -0.478 e. The largest absolute Gasteiger partial charge is 0.478 e. The number of hydrogen-bond acceptors (Lipinski definition) is 5. The Morgan fingerprint density at radius 1 is 1.45 bits per heavy atom. The molecule has 0 fully saturated rings. The van der Waals surface area contributed by atoms with Gasteiger partial charge in [-0.25, -0.2) is 9.59 Å². The van der Waals surface area contributed by atoms with E-state index in [0.29, 0.717) is 6.54 Å². The number of alkyl halides is 1. The molecule has 1 unspecified atom stereocenters. The highest BCUT2D eigenvalue weighted by atomic mass is 35.5. The fraction of sp³-hybridized carbons (Fsp3) is 0.333. The number of rotatable bonds is 6. The van der Waals surface area contributed by atoms with Crippen molar-refractivity contribution in [2.24, 2.45) is 0 Å². The molecular formula is C12H12Cl2N4O4. The fourth-order valence-corrected chi connectivity index (χ4v) is 1.98. The number of benzene rings is 1. The lowest BCUT2D eigenvalue weighted by molar-refractivity contribution is -0.141. The van der Waals surface area contributed by atoms with E-state index in [9.17, 15) is 9.59 Å². The van der Waals surface area contributed by atoms with Gasteiger partial charge in [-0.05, 0) is 29.0 Å². The first kappa shape index (κ1) is 16.3. The quantitative estimate of drug-likeness (QED) is 0.796. The van der Waals surface area contributed by atoms with E-state index in [0.717, 1.165) is 11.1 Å². The average molecular weight is 347 g/mol. The van der Waals surface area contributed by atoms with Crippen molar-refractivity contribution in [3.05, 3.63) is 33.7 Å². The molecule has 0 bridgehead atoms. The van der Waals surface area contributed by atoms with Gasteiger partial charge in [0.1, 0.15) is 5.75 Å². The number of aromatic nitrogens is 4. The van der Waals surface area contributed by atoms with Gasteiger partial charge < -0.3 is 9.84 Å². The van der Waals surface area contributed by atoms with Crippen LogP contribution in [0, 0.1) is 0 Å². The number of halogens is 2. The van der Waals surface area contributed by atoms with Crippen LogP contribution in [0.25, 0.3) is 5.69 Å². The molecule has 8 nitrogen and oxygen atoms in total. The van der Waals surface area contributed by atoms with Gasteiger partial charge in [0, 0.05) is 12.6 Å². The highest BCUT2D eigenvalue weighted by Gasteiger charge is 2.17. The Morgan fingerprint density at radius 2 is 2.18 bits per heavy atom. The Morgan fingerprint density at radius 3 is 2.82 bits per heavy atom. The van der Waals surface area contributed by atoms with Gasteiger partial charge in [0.25, 0.3) is 5.56 Å². The van der Waals surface area contributed by atoms with E-state index in [1.165, 1.54) is 22.9 Å². The minimum atomic E-state index is -1.55. The molecule has 2 aromatic rings. The van der Waals surface area contributed by atoms with Gasteiger partial charge in [0.05, 0.1) is 10.7 Å². The van der Waals surface area contributed by atoms with Crippen molar-refractivity contribution >= 4 is 29.2 Å². The van der Waals surface area contributed by atoms with E-state index in [1.54, 1.807) is 0 Å². The van der Waals surface area contributed by atoms with E-state index in [2.05, 4.69) is 10.4 Å². The molecule has 1 aromatic carbocycles. The van der Waals surface area contributed by atoms with Gasteiger partial charge in [0.15, 0.2) is 0 Å². The highest BCUT2D eigenvalue weighted by molar-refractivity contribution is 6.32. The first-order valence-electron chi connectivity index (χ1n) is 6.30. The average Bonchev–Trinajstić information content (AvgIpc) is 2.83. The van der Waals surface area contributed by atoms with Gasteiger partial charge in [-0.1, -0.05) is 30.1 Å². The van der Waals surface area contributed by atoms with Crippen LogP contribution >= 0.6 is 23.2 Å². The summed E-state index contributed by atoms with van der Waals surface area (Å²) in [5.41, 5.74) is -1.79. The van der Waals surface area contributed by atoms with Crippen LogP contribution in [0.5, 0.6) is 5.75 Å². The lowest BCUT2D eigenvalue weighted by Gasteiger charge is -2.10. The van der Waals surface area contributed by atoms with E-state index in [4.69, 9.17) is 33.0 Å². The lowest BCUT2D eigenvalue weighted by Crippen LogP contribution is -2.24. The standard InChI is InChI=1S/C12H12Cl2N4O4/c1-2-5-17-12(21)18(16-15-17)9-6-7(3-4-8(9)13)22-10(14)11(19)20/h3-4,6,10H,2,5H2,1H3,(H,19,20). The Kier molecular flexibility index (Phi) is 5.04. The third kappa shape index (κ3) is 3.40. The first-order valence-corrected chi connectivity index (χ1v) is 7.11. The van der Waals surface area contributed by atoms with Crippen molar-refractivity contribution in [3.63, 3.8) is 0 Å². The summed E-state index contributed by atoms with van der Waals surface area (Å²) in [5, 5.41) is 16.5. The van der Waals surface area contributed by atoms with Crippen molar-refractivity contribution in [1.29, 1.82) is 0 Å². The first-order chi connectivity index (χ1) is 10.4. The lowest BCUT2D eigenvalue weighted by atomic mass is 10.3. The molecule has 0 amide bonds. The molecule has 0 saturated heterocycles. The molecule has 2 rings (SSSR count). The van der Waals surface area contributed by atoms with Crippen LogP contribution in [-0.2, 0) is 11.3 Å². The smallest absolute Gasteiger partial charge is 0.368 e. The predicted octanol–water partition coefficient (Wildman–Crippen LogP) is 1.52. The third-order valence-electron chi connectivity index (χ3n) is 2.65. The van der Waals surface area contributed by atoms with Gasteiger partial charge >= 0.3 is 11.7 Å². The Balaban J connectivity index is 2.39. The van der Waals surface area contributed by atoms with Crippen LogP contribution in [-0.4, -0.2) is 36.4 Å². The summed E-state index contributed by atoms with van der Waals surface area (Å²) in [6, 6.07) is 4.25. The number of carboxylic acids is 1. The molecule has 1 aromatic heterocycles. The van der Waals surface area contributed by atoms with E-state index in [1.807, 2.05) is 6.92 Å². The molecule has 0 spiro atoms. The molecule has 22 heavy (non-hydrogen) atoms. The molecule has 118 valence electrons.